The van der Waals surface area contributed by atoms with Gasteiger partial charge in [0.15, 0.2) is 0 Å². The Morgan fingerprint density at radius 3 is 2.88 bits per heavy atom. The van der Waals surface area contributed by atoms with Crippen molar-refractivity contribution in [2.24, 2.45) is 5.92 Å². The molecule has 1 heterocycles. The van der Waals surface area contributed by atoms with Crippen LogP contribution >= 0.6 is 27.7 Å². The summed E-state index contributed by atoms with van der Waals surface area (Å²) in [6, 6.07) is -0.649. The highest BCUT2D eigenvalue weighted by atomic mass is 79.9. The lowest BCUT2D eigenvalue weighted by Crippen LogP contribution is -2.42. The van der Waals surface area contributed by atoms with Crippen LogP contribution in [0.1, 0.15) is 12.8 Å². The van der Waals surface area contributed by atoms with Crippen LogP contribution in [0.5, 0.6) is 0 Å². The summed E-state index contributed by atoms with van der Waals surface area (Å²) in [6.07, 6.45) is 2.93. The second-order valence-corrected chi connectivity index (χ2v) is 5.54. The molecule has 1 aliphatic heterocycles. The number of likely N-dealkylation sites (tertiary alicyclic amines) is 1. The van der Waals surface area contributed by atoms with Gasteiger partial charge < -0.3 is 10.0 Å². The lowest BCUT2D eigenvalue weighted by atomic mass is 10.1. The van der Waals surface area contributed by atoms with Crippen LogP contribution in [-0.2, 0) is 9.59 Å². The van der Waals surface area contributed by atoms with E-state index in [1.54, 1.807) is 11.8 Å². The Kier molecular flexibility index (Phi) is 5.61. The Hall–Kier alpha value is -0.230. The van der Waals surface area contributed by atoms with Crippen LogP contribution in [0.25, 0.3) is 0 Å². The summed E-state index contributed by atoms with van der Waals surface area (Å²) in [6.45, 7) is 0.565. The van der Waals surface area contributed by atoms with Gasteiger partial charge in [0.1, 0.15) is 6.04 Å². The van der Waals surface area contributed by atoms with Crippen molar-refractivity contribution in [3.8, 4) is 0 Å². The van der Waals surface area contributed by atoms with E-state index in [2.05, 4.69) is 15.9 Å². The first-order valence-corrected chi connectivity index (χ1v) is 7.68. The zero-order valence-electron chi connectivity index (χ0n) is 9.19. The third kappa shape index (κ3) is 3.38. The number of halogens is 1. The smallest absolute Gasteiger partial charge is 0.326 e. The van der Waals surface area contributed by atoms with Gasteiger partial charge >= 0.3 is 5.97 Å². The highest BCUT2D eigenvalue weighted by Gasteiger charge is 2.36. The molecule has 1 fully saturated rings. The summed E-state index contributed by atoms with van der Waals surface area (Å²) in [5, 5.41) is 9.88. The van der Waals surface area contributed by atoms with Crippen LogP contribution in [0, 0.1) is 5.92 Å². The van der Waals surface area contributed by atoms with Crippen molar-refractivity contribution in [1.82, 2.24) is 4.90 Å². The molecule has 1 rings (SSSR count). The maximum absolute atomic E-state index is 11.7. The Bertz CT molecular complexity index is 275. The average molecular weight is 310 g/mol. The maximum Gasteiger partial charge on any atom is 0.326 e. The molecular weight excluding hydrogens is 294 g/mol. The van der Waals surface area contributed by atoms with E-state index in [0.717, 1.165) is 11.1 Å². The molecule has 1 amide bonds. The molecule has 1 aliphatic rings. The van der Waals surface area contributed by atoms with Crippen LogP contribution in [0.2, 0.25) is 0 Å². The molecule has 0 aromatic rings. The molecule has 1 saturated heterocycles. The second-order valence-electron chi connectivity index (χ2n) is 3.91. The molecule has 1 unspecified atom stereocenters. The fourth-order valence-corrected chi connectivity index (χ4v) is 2.75. The summed E-state index contributed by atoms with van der Waals surface area (Å²) in [5.74, 6) is 0.0962. The molecule has 16 heavy (non-hydrogen) atoms. The number of carbonyl (C=O) groups is 2. The van der Waals surface area contributed by atoms with Crippen molar-refractivity contribution >= 4 is 39.6 Å². The Balaban J connectivity index is 2.64. The van der Waals surface area contributed by atoms with Crippen LogP contribution in [0.3, 0.4) is 0 Å². The van der Waals surface area contributed by atoms with E-state index in [1.165, 1.54) is 4.90 Å². The van der Waals surface area contributed by atoms with Crippen LogP contribution in [0.4, 0.5) is 0 Å². The van der Waals surface area contributed by atoms with E-state index < -0.39 is 12.0 Å². The fraction of sp³-hybridized carbons (Fsp3) is 0.800. The van der Waals surface area contributed by atoms with Crippen molar-refractivity contribution in [1.29, 1.82) is 0 Å². The van der Waals surface area contributed by atoms with Crippen molar-refractivity contribution < 1.29 is 14.7 Å². The number of hydrogen-bond acceptors (Lipinski definition) is 3. The van der Waals surface area contributed by atoms with E-state index >= 15 is 0 Å². The van der Waals surface area contributed by atoms with Crippen molar-refractivity contribution in [3.63, 3.8) is 0 Å². The Morgan fingerprint density at radius 1 is 1.75 bits per heavy atom. The third-order valence-corrected chi connectivity index (χ3v) is 4.27. The lowest BCUT2D eigenvalue weighted by Gasteiger charge is -2.24. The van der Waals surface area contributed by atoms with Gasteiger partial charge in [0.25, 0.3) is 0 Å². The predicted molar refractivity (Wildman–Crippen MR) is 68.0 cm³/mol. The zero-order valence-corrected chi connectivity index (χ0v) is 11.6. The standard InChI is InChI=1S/C10H16BrNO3S/c1-16-3-2-8(10(14)15)12-6-7(5-11)4-9(12)13/h7-8H,2-6H2,1H3,(H,14,15)/t7?,8-/m0/s1. The van der Waals surface area contributed by atoms with Crippen molar-refractivity contribution in [3.05, 3.63) is 0 Å². The Morgan fingerprint density at radius 2 is 2.44 bits per heavy atom. The van der Waals surface area contributed by atoms with Crippen molar-refractivity contribution in [2.45, 2.75) is 18.9 Å². The van der Waals surface area contributed by atoms with E-state index in [4.69, 9.17) is 5.11 Å². The number of thioether (sulfide) groups is 1. The topological polar surface area (TPSA) is 57.6 Å². The third-order valence-electron chi connectivity index (χ3n) is 2.71. The number of rotatable bonds is 6. The molecule has 0 aliphatic carbocycles. The molecule has 0 bridgehead atoms. The SMILES string of the molecule is CSCC[C@@H](C(=O)O)N1CC(CBr)CC1=O. The van der Waals surface area contributed by atoms with Gasteiger partial charge in [-0.15, -0.1) is 0 Å². The van der Waals surface area contributed by atoms with Gasteiger partial charge in [-0.05, 0) is 24.3 Å². The highest BCUT2D eigenvalue weighted by molar-refractivity contribution is 9.09. The van der Waals surface area contributed by atoms with Gasteiger partial charge in [0.2, 0.25) is 5.91 Å². The summed E-state index contributed by atoms with van der Waals surface area (Å²) in [4.78, 5) is 24.3. The number of alkyl halides is 1. The molecule has 0 spiro atoms. The van der Waals surface area contributed by atoms with Gasteiger partial charge in [0, 0.05) is 18.3 Å². The van der Waals surface area contributed by atoms with E-state index in [0.29, 0.717) is 19.4 Å². The first-order chi connectivity index (χ1) is 7.60. The number of aliphatic carboxylic acids is 1. The number of hydrogen-bond donors (Lipinski definition) is 1. The normalized spacial score (nSPS) is 22.5. The molecule has 6 heteroatoms. The number of carboxylic acid groups (broad SMARTS) is 1. The highest BCUT2D eigenvalue weighted by Crippen LogP contribution is 2.23. The predicted octanol–water partition coefficient (Wildman–Crippen LogP) is 1.44. The molecule has 0 aromatic carbocycles. The molecule has 0 aromatic heterocycles. The van der Waals surface area contributed by atoms with Crippen molar-refractivity contribution in [2.75, 3.05) is 23.9 Å². The average Bonchev–Trinajstić information content (AvgIpc) is 2.60. The minimum absolute atomic E-state index is 0.0297. The van der Waals surface area contributed by atoms with Gasteiger partial charge in [0.05, 0.1) is 0 Å². The molecular formula is C10H16BrNO3S. The minimum atomic E-state index is -0.891. The number of carboxylic acids is 1. The molecule has 0 radical (unpaired) electrons. The van der Waals surface area contributed by atoms with E-state index in [-0.39, 0.29) is 11.8 Å². The molecule has 2 atom stereocenters. The van der Waals surface area contributed by atoms with Gasteiger partial charge in [-0.1, -0.05) is 15.9 Å². The molecule has 92 valence electrons. The molecule has 0 saturated carbocycles. The first-order valence-electron chi connectivity index (χ1n) is 5.17. The summed E-state index contributed by atoms with van der Waals surface area (Å²) in [7, 11) is 0. The zero-order chi connectivity index (χ0) is 12.1. The second kappa shape index (κ2) is 6.49. The van der Waals surface area contributed by atoms with E-state index in [1.807, 2.05) is 6.26 Å². The summed E-state index contributed by atoms with van der Waals surface area (Å²) in [5.41, 5.74) is 0. The quantitative estimate of drug-likeness (QED) is 0.754. The van der Waals surface area contributed by atoms with Crippen LogP contribution < -0.4 is 0 Å². The van der Waals surface area contributed by atoms with Gasteiger partial charge in [-0.3, -0.25) is 4.79 Å². The lowest BCUT2D eigenvalue weighted by molar-refractivity contribution is -0.148. The van der Waals surface area contributed by atoms with Crippen LogP contribution in [-0.4, -0.2) is 51.8 Å². The monoisotopic (exact) mass is 309 g/mol. The summed E-state index contributed by atoms with van der Waals surface area (Å²) >= 11 is 4.94. The van der Waals surface area contributed by atoms with E-state index in [9.17, 15) is 9.59 Å². The largest absolute Gasteiger partial charge is 0.480 e. The number of amides is 1. The van der Waals surface area contributed by atoms with Gasteiger partial charge in [-0.25, -0.2) is 4.79 Å². The minimum Gasteiger partial charge on any atom is -0.480 e. The molecule has 1 N–H and O–H groups in total. The van der Waals surface area contributed by atoms with Gasteiger partial charge in [-0.2, -0.15) is 11.8 Å². The molecule has 4 nitrogen and oxygen atoms in total. The van der Waals surface area contributed by atoms with Crippen LogP contribution in [0.15, 0.2) is 0 Å². The number of carbonyl (C=O) groups excluding carboxylic acids is 1. The summed E-state index contributed by atoms with van der Waals surface area (Å²) < 4.78 is 0. The first kappa shape index (κ1) is 13.8. The number of nitrogens with zero attached hydrogens (tertiary/aromatic N) is 1. The fourth-order valence-electron chi connectivity index (χ4n) is 1.86. The Labute approximate surface area is 108 Å². The maximum atomic E-state index is 11.7.